The number of aromatic nitrogens is 2. The summed E-state index contributed by atoms with van der Waals surface area (Å²) in [6.07, 6.45) is 1.76. The molecule has 0 fully saturated rings. The molecule has 2 aromatic rings. The van der Waals surface area contributed by atoms with Crippen LogP contribution >= 0.6 is 15.9 Å². The Morgan fingerprint density at radius 3 is 2.70 bits per heavy atom. The van der Waals surface area contributed by atoms with Crippen molar-refractivity contribution < 1.29 is 4.74 Å². The topological polar surface area (TPSA) is 61.0 Å². The van der Waals surface area contributed by atoms with Crippen LogP contribution in [0, 0.1) is 0 Å². The van der Waals surface area contributed by atoms with E-state index in [0.717, 1.165) is 27.3 Å². The first-order valence-electron chi connectivity index (χ1n) is 6.35. The third kappa shape index (κ3) is 2.99. The van der Waals surface area contributed by atoms with Crippen molar-refractivity contribution in [2.75, 3.05) is 13.7 Å². The van der Waals surface area contributed by atoms with Gasteiger partial charge in [-0.15, -0.1) is 0 Å². The van der Waals surface area contributed by atoms with E-state index in [-0.39, 0.29) is 5.41 Å². The first-order chi connectivity index (χ1) is 9.47. The van der Waals surface area contributed by atoms with E-state index in [1.54, 1.807) is 13.3 Å². The fourth-order valence-corrected chi connectivity index (χ4v) is 2.17. The highest BCUT2D eigenvalue weighted by atomic mass is 79.9. The Morgan fingerprint density at radius 2 is 2.05 bits per heavy atom. The van der Waals surface area contributed by atoms with Crippen molar-refractivity contribution in [3.05, 3.63) is 40.8 Å². The lowest BCUT2D eigenvalue weighted by atomic mass is 9.92. The van der Waals surface area contributed by atoms with E-state index >= 15 is 0 Å². The second kappa shape index (κ2) is 5.89. The van der Waals surface area contributed by atoms with Crippen LogP contribution in [0.3, 0.4) is 0 Å². The van der Waals surface area contributed by atoms with E-state index in [2.05, 4.69) is 25.9 Å². The first kappa shape index (κ1) is 14.9. The maximum atomic E-state index is 5.80. The number of nitrogens with zero attached hydrogens (tertiary/aromatic N) is 2. The van der Waals surface area contributed by atoms with Gasteiger partial charge < -0.3 is 10.5 Å². The summed E-state index contributed by atoms with van der Waals surface area (Å²) >= 11 is 3.48. The minimum absolute atomic E-state index is 0.255. The normalized spacial score (nSPS) is 11.4. The molecule has 0 bridgehead atoms. The van der Waals surface area contributed by atoms with Gasteiger partial charge in [0.1, 0.15) is 11.6 Å². The van der Waals surface area contributed by atoms with Gasteiger partial charge >= 0.3 is 0 Å². The van der Waals surface area contributed by atoms with Crippen LogP contribution in [-0.4, -0.2) is 23.6 Å². The Balaban J connectivity index is 2.54. The van der Waals surface area contributed by atoms with Gasteiger partial charge in [0.2, 0.25) is 0 Å². The Labute approximate surface area is 127 Å². The van der Waals surface area contributed by atoms with Crippen molar-refractivity contribution in [3.63, 3.8) is 0 Å². The van der Waals surface area contributed by atoms with Crippen molar-refractivity contribution in [1.29, 1.82) is 0 Å². The number of hydrogen-bond donors (Lipinski definition) is 1. The zero-order valence-electron chi connectivity index (χ0n) is 11.9. The van der Waals surface area contributed by atoms with Gasteiger partial charge in [-0.1, -0.05) is 29.8 Å². The minimum atomic E-state index is -0.255. The van der Waals surface area contributed by atoms with Gasteiger partial charge in [-0.25, -0.2) is 9.97 Å². The summed E-state index contributed by atoms with van der Waals surface area (Å²) in [5.41, 5.74) is 7.30. The Bertz CT molecular complexity index is 614. The van der Waals surface area contributed by atoms with Crippen LogP contribution in [0.2, 0.25) is 0 Å². The number of benzene rings is 1. The number of ether oxygens (including phenoxy) is 1. The van der Waals surface area contributed by atoms with E-state index in [1.807, 2.05) is 38.1 Å². The molecular weight excluding hydrogens is 318 g/mol. The van der Waals surface area contributed by atoms with Crippen LogP contribution in [-0.2, 0) is 5.41 Å². The van der Waals surface area contributed by atoms with Crippen LogP contribution in [0.5, 0.6) is 5.75 Å². The minimum Gasteiger partial charge on any atom is -0.496 e. The van der Waals surface area contributed by atoms with Crippen LogP contribution in [0.4, 0.5) is 0 Å². The molecule has 0 aliphatic heterocycles. The summed E-state index contributed by atoms with van der Waals surface area (Å²) < 4.78 is 6.38. The number of rotatable bonds is 4. The molecule has 0 saturated heterocycles. The van der Waals surface area contributed by atoms with Gasteiger partial charge in [-0.3, -0.25) is 0 Å². The molecule has 2 N–H and O–H groups in total. The van der Waals surface area contributed by atoms with E-state index < -0.39 is 0 Å². The lowest BCUT2D eigenvalue weighted by Gasteiger charge is -2.21. The standard InChI is InChI=1S/C15H18BrN3O/c1-15(2,9-17)14-18-7-6-12(19-14)11-8-10(16)4-5-13(11)20-3/h4-8H,9,17H2,1-3H3. The average Bonchev–Trinajstić information content (AvgIpc) is 2.47. The molecule has 5 heteroatoms. The molecule has 0 saturated carbocycles. The second-order valence-electron chi connectivity index (χ2n) is 5.20. The van der Waals surface area contributed by atoms with E-state index in [4.69, 9.17) is 10.5 Å². The lowest BCUT2D eigenvalue weighted by molar-refractivity contribution is 0.416. The molecule has 0 aliphatic carbocycles. The van der Waals surface area contributed by atoms with Crippen molar-refractivity contribution in [2.45, 2.75) is 19.3 Å². The monoisotopic (exact) mass is 335 g/mol. The summed E-state index contributed by atoms with van der Waals surface area (Å²) in [5, 5.41) is 0. The second-order valence-corrected chi connectivity index (χ2v) is 6.11. The van der Waals surface area contributed by atoms with Crippen molar-refractivity contribution >= 4 is 15.9 Å². The predicted octanol–water partition coefficient (Wildman–Crippen LogP) is 3.15. The molecule has 1 aromatic heterocycles. The molecular formula is C15H18BrN3O. The van der Waals surface area contributed by atoms with Crippen molar-refractivity contribution in [2.24, 2.45) is 5.73 Å². The van der Waals surface area contributed by atoms with Gasteiger partial charge in [0, 0.05) is 28.2 Å². The quantitative estimate of drug-likeness (QED) is 0.932. The van der Waals surface area contributed by atoms with E-state index in [0.29, 0.717) is 6.54 Å². The fraction of sp³-hybridized carbons (Fsp3) is 0.333. The maximum Gasteiger partial charge on any atom is 0.135 e. The largest absolute Gasteiger partial charge is 0.496 e. The average molecular weight is 336 g/mol. The Hall–Kier alpha value is -1.46. The van der Waals surface area contributed by atoms with Crippen LogP contribution < -0.4 is 10.5 Å². The van der Waals surface area contributed by atoms with Crippen LogP contribution in [0.15, 0.2) is 34.9 Å². The third-order valence-corrected chi connectivity index (χ3v) is 3.70. The SMILES string of the molecule is COc1ccc(Br)cc1-c1ccnc(C(C)(C)CN)n1. The molecule has 0 radical (unpaired) electrons. The molecule has 20 heavy (non-hydrogen) atoms. The van der Waals surface area contributed by atoms with Crippen LogP contribution in [0.25, 0.3) is 11.3 Å². The summed E-state index contributed by atoms with van der Waals surface area (Å²) in [4.78, 5) is 8.98. The van der Waals surface area contributed by atoms with Gasteiger partial charge in [0.15, 0.2) is 0 Å². The maximum absolute atomic E-state index is 5.80. The molecule has 1 heterocycles. The zero-order chi connectivity index (χ0) is 14.8. The number of hydrogen-bond acceptors (Lipinski definition) is 4. The molecule has 4 nitrogen and oxygen atoms in total. The fourth-order valence-electron chi connectivity index (χ4n) is 1.81. The molecule has 0 atom stereocenters. The molecule has 2 rings (SSSR count). The van der Waals surface area contributed by atoms with Crippen LogP contribution in [0.1, 0.15) is 19.7 Å². The molecule has 0 aliphatic rings. The number of nitrogens with two attached hydrogens (primary N) is 1. The zero-order valence-corrected chi connectivity index (χ0v) is 13.4. The number of halogens is 1. The Kier molecular flexibility index (Phi) is 4.40. The highest BCUT2D eigenvalue weighted by Crippen LogP contribution is 2.32. The highest BCUT2D eigenvalue weighted by molar-refractivity contribution is 9.10. The van der Waals surface area contributed by atoms with Gasteiger partial charge in [-0.05, 0) is 24.3 Å². The van der Waals surface area contributed by atoms with Crippen molar-refractivity contribution in [3.8, 4) is 17.0 Å². The Morgan fingerprint density at radius 1 is 1.30 bits per heavy atom. The first-order valence-corrected chi connectivity index (χ1v) is 7.15. The summed E-state index contributed by atoms with van der Waals surface area (Å²) in [6.45, 7) is 4.56. The van der Waals surface area contributed by atoms with E-state index in [1.165, 1.54) is 0 Å². The van der Waals surface area contributed by atoms with Gasteiger partial charge in [0.25, 0.3) is 0 Å². The lowest BCUT2D eigenvalue weighted by Crippen LogP contribution is -2.30. The molecule has 0 unspecified atom stereocenters. The molecule has 106 valence electrons. The highest BCUT2D eigenvalue weighted by Gasteiger charge is 2.22. The summed E-state index contributed by atoms with van der Waals surface area (Å²) in [5.74, 6) is 1.52. The van der Waals surface area contributed by atoms with Gasteiger partial charge in [0.05, 0.1) is 12.8 Å². The predicted molar refractivity (Wildman–Crippen MR) is 83.8 cm³/mol. The number of methoxy groups -OCH3 is 1. The van der Waals surface area contributed by atoms with E-state index in [9.17, 15) is 0 Å². The smallest absolute Gasteiger partial charge is 0.135 e. The third-order valence-electron chi connectivity index (χ3n) is 3.21. The van der Waals surface area contributed by atoms with Crippen molar-refractivity contribution in [1.82, 2.24) is 9.97 Å². The molecule has 1 aromatic carbocycles. The summed E-state index contributed by atoms with van der Waals surface area (Å²) in [6, 6.07) is 7.71. The molecule has 0 spiro atoms. The van der Waals surface area contributed by atoms with Gasteiger partial charge in [-0.2, -0.15) is 0 Å². The molecule has 0 amide bonds. The summed E-state index contributed by atoms with van der Waals surface area (Å²) in [7, 11) is 1.65.